The molecule has 0 heterocycles. The fourth-order valence-corrected chi connectivity index (χ4v) is 2.14. The summed E-state index contributed by atoms with van der Waals surface area (Å²) in [6, 6.07) is 6.72. The molecule has 0 spiro atoms. The normalized spacial score (nSPS) is 10.6. The Balaban J connectivity index is 2.80. The van der Waals surface area contributed by atoms with Gasteiger partial charge in [0.15, 0.2) is 0 Å². The van der Waals surface area contributed by atoms with Crippen LogP contribution in [0.2, 0.25) is 0 Å². The lowest BCUT2D eigenvalue weighted by molar-refractivity contribution is 0.441. The van der Waals surface area contributed by atoms with Gasteiger partial charge in [0, 0.05) is 11.1 Å². The zero-order chi connectivity index (χ0) is 13.4. The molecule has 0 unspecified atom stereocenters. The number of phenols is 3. The van der Waals surface area contributed by atoms with Crippen LogP contribution < -0.4 is 0 Å². The summed E-state index contributed by atoms with van der Waals surface area (Å²) in [5, 5.41) is 29.6. The van der Waals surface area contributed by atoms with E-state index in [0.717, 1.165) is 16.7 Å². The zero-order valence-corrected chi connectivity index (χ0v) is 10.7. The van der Waals surface area contributed by atoms with Crippen LogP contribution in [0.4, 0.5) is 0 Å². The minimum atomic E-state index is 0.0567. The Kier molecular flexibility index (Phi) is 2.91. The van der Waals surface area contributed by atoms with Gasteiger partial charge in [-0.15, -0.1) is 0 Å². The first-order valence-corrected chi connectivity index (χ1v) is 5.74. The van der Waals surface area contributed by atoms with Crippen molar-refractivity contribution in [1.82, 2.24) is 0 Å². The van der Waals surface area contributed by atoms with E-state index in [9.17, 15) is 15.3 Å². The molecule has 2 aromatic carbocycles. The van der Waals surface area contributed by atoms with Crippen molar-refractivity contribution in [1.29, 1.82) is 0 Å². The molecule has 0 aromatic heterocycles. The van der Waals surface area contributed by atoms with E-state index in [2.05, 4.69) is 0 Å². The summed E-state index contributed by atoms with van der Waals surface area (Å²) < 4.78 is 0. The summed E-state index contributed by atoms with van der Waals surface area (Å²) in [5.41, 5.74) is 3.39. The quantitative estimate of drug-likeness (QED) is 0.720. The summed E-state index contributed by atoms with van der Waals surface area (Å²) in [4.78, 5) is 0. The molecule has 2 aromatic rings. The second kappa shape index (κ2) is 4.26. The molecule has 3 nitrogen and oxygen atoms in total. The average Bonchev–Trinajstić information content (AvgIpc) is 2.34. The SMILES string of the molecule is Cc1c(C)c(-c2cccc(O)c2)c(O)c(C)c1O. The molecule has 2 rings (SSSR count). The minimum Gasteiger partial charge on any atom is -0.508 e. The van der Waals surface area contributed by atoms with Gasteiger partial charge in [-0.3, -0.25) is 0 Å². The second-order valence-electron chi connectivity index (χ2n) is 4.50. The second-order valence-corrected chi connectivity index (χ2v) is 4.50. The number of aromatic hydroxyl groups is 3. The lowest BCUT2D eigenvalue weighted by Crippen LogP contribution is -1.93. The van der Waals surface area contributed by atoms with Crippen LogP contribution in [-0.4, -0.2) is 15.3 Å². The van der Waals surface area contributed by atoms with E-state index in [1.165, 1.54) is 0 Å². The lowest BCUT2D eigenvalue weighted by Gasteiger charge is -2.16. The molecule has 3 N–H and O–H groups in total. The molecule has 0 saturated carbocycles. The molecule has 18 heavy (non-hydrogen) atoms. The molecule has 0 saturated heterocycles. The van der Waals surface area contributed by atoms with Crippen LogP contribution in [0.1, 0.15) is 16.7 Å². The van der Waals surface area contributed by atoms with Gasteiger partial charge in [-0.05, 0) is 49.6 Å². The number of rotatable bonds is 1. The van der Waals surface area contributed by atoms with Crippen LogP contribution in [0.25, 0.3) is 11.1 Å². The molecule has 0 bridgehead atoms. The Morgan fingerprint density at radius 1 is 0.778 bits per heavy atom. The molecular weight excluding hydrogens is 228 g/mol. The molecule has 0 aliphatic carbocycles. The van der Waals surface area contributed by atoms with E-state index in [1.807, 2.05) is 19.9 Å². The topological polar surface area (TPSA) is 60.7 Å². The van der Waals surface area contributed by atoms with Crippen LogP contribution >= 0.6 is 0 Å². The Morgan fingerprint density at radius 3 is 2.06 bits per heavy atom. The minimum absolute atomic E-state index is 0.0567. The largest absolute Gasteiger partial charge is 0.508 e. The number of hydrogen-bond donors (Lipinski definition) is 3. The average molecular weight is 244 g/mol. The summed E-state index contributed by atoms with van der Waals surface area (Å²) in [6.07, 6.45) is 0. The van der Waals surface area contributed by atoms with Gasteiger partial charge in [-0.1, -0.05) is 12.1 Å². The highest BCUT2D eigenvalue weighted by Crippen LogP contribution is 2.42. The number of benzene rings is 2. The van der Waals surface area contributed by atoms with E-state index < -0.39 is 0 Å². The predicted molar refractivity (Wildman–Crippen MR) is 71.1 cm³/mol. The predicted octanol–water partition coefficient (Wildman–Crippen LogP) is 3.40. The van der Waals surface area contributed by atoms with Crippen molar-refractivity contribution >= 4 is 0 Å². The van der Waals surface area contributed by atoms with E-state index >= 15 is 0 Å². The first kappa shape index (κ1) is 12.3. The Bertz CT molecular complexity index is 586. The highest BCUT2D eigenvalue weighted by Gasteiger charge is 2.17. The third kappa shape index (κ3) is 1.78. The van der Waals surface area contributed by atoms with Crippen LogP contribution in [0.15, 0.2) is 24.3 Å². The van der Waals surface area contributed by atoms with Gasteiger partial charge in [0.25, 0.3) is 0 Å². The molecule has 0 fully saturated rings. The van der Waals surface area contributed by atoms with E-state index in [-0.39, 0.29) is 17.2 Å². The Hall–Kier alpha value is -2.16. The molecule has 0 atom stereocenters. The monoisotopic (exact) mass is 244 g/mol. The van der Waals surface area contributed by atoms with Gasteiger partial charge in [0.2, 0.25) is 0 Å². The van der Waals surface area contributed by atoms with Crippen molar-refractivity contribution < 1.29 is 15.3 Å². The van der Waals surface area contributed by atoms with Gasteiger partial charge in [-0.2, -0.15) is 0 Å². The summed E-state index contributed by atoms with van der Waals surface area (Å²) in [7, 11) is 0. The van der Waals surface area contributed by atoms with Crippen LogP contribution in [-0.2, 0) is 0 Å². The van der Waals surface area contributed by atoms with E-state index in [0.29, 0.717) is 11.1 Å². The Labute approximate surface area is 106 Å². The first-order valence-electron chi connectivity index (χ1n) is 5.74. The highest BCUT2D eigenvalue weighted by atomic mass is 16.3. The maximum absolute atomic E-state index is 10.2. The summed E-state index contributed by atoms with van der Waals surface area (Å²) in [6.45, 7) is 5.32. The number of phenolic OH excluding ortho intramolecular Hbond substituents is 3. The van der Waals surface area contributed by atoms with Crippen molar-refractivity contribution in [3.05, 3.63) is 41.0 Å². The highest BCUT2D eigenvalue weighted by molar-refractivity contribution is 5.79. The van der Waals surface area contributed by atoms with Crippen LogP contribution in [0.5, 0.6) is 17.2 Å². The molecule has 0 amide bonds. The van der Waals surface area contributed by atoms with Gasteiger partial charge in [0.1, 0.15) is 17.2 Å². The third-order valence-electron chi connectivity index (χ3n) is 3.37. The van der Waals surface area contributed by atoms with E-state index in [4.69, 9.17) is 0 Å². The zero-order valence-electron chi connectivity index (χ0n) is 10.7. The smallest absolute Gasteiger partial charge is 0.130 e. The third-order valence-corrected chi connectivity index (χ3v) is 3.37. The Morgan fingerprint density at radius 2 is 1.44 bits per heavy atom. The van der Waals surface area contributed by atoms with Crippen molar-refractivity contribution in [3.63, 3.8) is 0 Å². The number of hydrogen-bond acceptors (Lipinski definition) is 3. The maximum atomic E-state index is 10.2. The standard InChI is InChI=1S/C15H16O3/c1-8-9(2)14(17)10(3)15(18)13(8)11-5-4-6-12(16)7-11/h4-7,16-18H,1-3H3. The fourth-order valence-electron chi connectivity index (χ4n) is 2.14. The van der Waals surface area contributed by atoms with Crippen molar-refractivity contribution in [2.24, 2.45) is 0 Å². The van der Waals surface area contributed by atoms with Crippen molar-refractivity contribution in [2.75, 3.05) is 0 Å². The van der Waals surface area contributed by atoms with Gasteiger partial charge in [0.05, 0.1) is 0 Å². The maximum Gasteiger partial charge on any atom is 0.130 e. The molecule has 94 valence electrons. The summed E-state index contributed by atoms with van der Waals surface area (Å²) >= 11 is 0. The van der Waals surface area contributed by atoms with Crippen LogP contribution in [0, 0.1) is 20.8 Å². The van der Waals surface area contributed by atoms with Crippen LogP contribution in [0.3, 0.4) is 0 Å². The van der Waals surface area contributed by atoms with E-state index in [1.54, 1.807) is 25.1 Å². The van der Waals surface area contributed by atoms with Gasteiger partial charge < -0.3 is 15.3 Å². The molecule has 3 heteroatoms. The molecule has 0 radical (unpaired) electrons. The summed E-state index contributed by atoms with van der Waals surface area (Å²) in [5.74, 6) is 0.324. The van der Waals surface area contributed by atoms with Crippen molar-refractivity contribution in [3.8, 4) is 28.4 Å². The molecule has 0 aliphatic rings. The van der Waals surface area contributed by atoms with Crippen molar-refractivity contribution in [2.45, 2.75) is 20.8 Å². The fraction of sp³-hybridized carbons (Fsp3) is 0.200. The van der Waals surface area contributed by atoms with Gasteiger partial charge >= 0.3 is 0 Å². The molecule has 0 aliphatic heterocycles. The lowest BCUT2D eigenvalue weighted by atomic mass is 9.92. The first-order chi connectivity index (χ1) is 8.43. The van der Waals surface area contributed by atoms with Gasteiger partial charge in [-0.25, -0.2) is 0 Å². The molecular formula is C15H16O3.